The number of carboxylic acids is 1. The molecule has 5 nitrogen and oxygen atoms in total. The molecule has 0 unspecified atom stereocenters. The zero-order valence-electron chi connectivity index (χ0n) is 23.8. The molecular weight excluding hydrogens is 577 g/mol. The van der Waals surface area contributed by atoms with Gasteiger partial charge in [0.25, 0.3) is 0 Å². The fourth-order valence-corrected chi connectivity index (χ4v) is 6.91. The van der Waals surface area contributed by atoms with Gasteiger partial charge in [-0.1, -0.05) is 65.7 Å². The lowest BCUT2D eigenvalue weighted by atomic mass is 9.84. The maximum Gasteiger partial charge on any atom is 0.307 e. The molecule has 43 heavy (non-hydrogen) atoms. The van der Waals surface area contributed by atoms with Gasteiger partial charge in [0.1, 0.15) is 0 Å². The molecule has 2 fully saturated rings. The number of anilines is 1. The standard InChI is InChI=1S/C36H33Cl2N3O2/c37-28-9-4-24(5-10-28)35(25-6-11-29(38)12-7-25)27-8-15-33-32(22-27)36(41(39-33)30-13-14-30)26-16-18-40(19-17-26)31-3-1-2-23(20-31)21-34(42)43/h1-12,15,20,22,26,30,35H,13-14,16-19,21H2,(H,42,43). The average Bonchev–Trinajstić information content (AvgIpc) is 3.79. The molecular formula is C36H33Cl2N3O2. The van der Waals surface area contributed by atoms with E-state index in [0.29, 0.717) is 12.0 Å². The minimum absolute atomic E-state index is 0.0379. The lowest BCUT2D eigenvalue weighted by Crippen LogP contribution is -2.33. The fourth-order valence-electron chi connectivity index (χ4n) is 6.66. The van der Waals surface area contributed by atoms with Gasteiger partial charge in [0.2, 0.25) is 0 Å². The van der Waals surface area contributed by atoms with Crippen LogP contribution in [0.2, 0.25) is 10.0 Å². The first-order valence-electron chi connectivity index (χ1n) is 15.0. The van der Waals surface area contributed by atoms with Crippen LogP contribution in [0, 0.1) is 0 Å². The van der Waals surface area contributed by atoms with Crippen LogP contribution >= 0.6 is 23.2 Å². The van der Waals surface area contributed by atoms with Crippen molar-refractivity contribution in [2.75, 3.05) is 18.0 Å². The van der Waals surface area contributed by atoms with E-state index in [4.69, 9.17) is 28.3 Å². The van der Waals surface area contributed by atoms with Crippen molar-refractivity contribution >= 4 is 45.8 Å². The number of benzene rings is 4. The van der Waals surface area contributed by atoms with Crippen LogP contribution in [0.5, 0.6) is 0 Å². The summed E-state index contributed by atoms with van der Waals surface area (Å²) in [4.78, 5) is 13.6. The van der Waals surface area contributed by atoms with Crippen molar-refractivity contribution in [3.05, 3.63) is 129 Å². The van der Waals surface area contributed by atoms with Crippen molar-refractivity contribution in [3.8, 4) is 0 Å². The Morgan fingerprint density at radius 3 is 2.05 bits per heavy atom. The van der Waals surface area contributed by atoms with Gasteiger partial charge in [-0.05, 0) is 96.5 Å². The topological polar surface area (TPSA) is 58.4 Å². The van der Waals surface area contributed by atoms with Crippen LogP contribution < -0.4 is 4.90 Å². The summed E-state index contributed by atoms with van der Waals surface area (Å²) < 4.78 is 2.34. The molecule has 7 heteroatoms. The molecule has 5 aromatic rings. The summed E-state index contributed by atoms with van der Waals surface area (Å²) in [5.74, 6) is -0.357. The largest absolute Gasteiger partial charge is 0.481 e. The van der Waals surface area contributed by atoms with E-state index in [1.165, 1.54) is 40.6 Å². The second-order valence-electron chi connectivity index (χ2n) is 11.9. The van der Waals surface area contributed by atoms with Gasteiger partial charge in [0, 0.05) is 51.7 Å². The van der Waals surface area contributed by atoms with Crippen molar-refractivity contribution in [2.45, 2.75) is 50.0 Å². The summed E-state index contributed by atoms with van der Waals surface area (Å²) in [7, 11) is 0. The van der Waals surface area contributed by atoms with E-state index in [1.807, 2.05) is 42.5 Å². The molecule has 4 aromatic carbocycles. The van der Waals surface area contributed by atoms with Gasteiger partial charge >= 0.3 is 5.97 Å². The van der Waals surface area contributed by atoms with Gasteiger partial charge in [-0.25, -0.2) is 0 Å². The molecule has 0 atom stereocenters. The zero-order valence-corrected chi connectivity index (χ0v) is 25.3. The molecule has 1 aromatic heterocycles. The molecule has 7 rings (SSSR count). The molecule has 2 heterocycles. The van der Waals surface area contributed by atoms with Gasteiger partial charge < -0.3 is 10.0 Å². The number of hydrogen-bond acceptors (Lipinski definition) is 3. The Morgan fingerprint density at radius 2 is 1.44 bits per heavy atom. The number of aliphatic carboxylic acids is 1. The third-order valence-corrected chi connectivity index (χ3v) is 9.41. The summed E-state index contributed by atoms with van der Waals surface area (Å²) in [6, 6.07) is 31.5. The highest BCUT2D eigenvalue weighted by Gasteiger charge is 2.33. The summed E-state index contributed by atoms with van der Waals surface area (Å²) in [5.41, 5.74) is 7.95. The van der Waals surface area contributed by atoms with E-state index in [-0.39, 0.29) is 12.3 Å². The Bertz CT molecular complexity index is 1720. The van der Waals surface area contributed by atoms with Crippen LogP contribution in [0.1, 0.15) is 71.5 Å². The third-order valence-electron chi connectivity index (χ3n) is 8.90. The van der Waals surface area contributed by atoms with E-state index in [9.17, 15) is 9.90 Å². The van der Waals surface area contributed by atoms with Crippen molar-refractivity contribution < 1.29 is 9.90 Å². The van der Waals surface area contributed by atoms with E-state index < -0.39 is 5.97 Å². The highest BCUT2D eigenvalue weighted by Crippen LogP contribution is 2.44. The van der Waals surface area contributed by atoms with Crippen LogP contribution in [0.3, 0.4) is 0 Å². The van der Waals surface area contributed by atoms with Crippen LogP contribution in [-0.4, -0.2) is 33.9 Å². The average molecular weight is 611 g/mol. The molecule has 1 saturated heterocycles. The van der Waals surface area contributed by atoms with Crippen LogP contribution in [0.4, 0.5) is 5.69 Å². The molecule has 1 aliphatic heterocycles. The van der Waals surface area contributed by atoms with Gasteiger partial charge in [-0.15, -0.1) is 0 Å². The minimum atomic E-state index is -0.801. The molecule has 0 spiro atoms. The van der Waals surface area contributed by atoms with Crippen molar-refractivity contribution in [3.63, 3.8) is 0 Å². The van der Waals surface area contributed by atoms with E-state index in [0.717, 1.165) is 52.7 Å². The Balaban J connectivity index is 1.23. The monoisotopic (exact) mass is 609 g/mol. The Hall–Kier alpha value is -3.80. The van der Waals surface area contributed by atoms with E-state index in [1.54, 1.807) is 0 Å². The number of fused-ring (bicyclic) bond motifs is 1. The minimum Gasteiger partial charge on any atom is -0.481 e. The summed E-state index contributed by atoms with van der Waals surface area (Å²) >= 11 is 12.5. The quantitative estimate of drug-likeness (QED) is 0.178. The Labute approximate surface area is 261 Å². The van der Waals surface area contributed by atoms with Crippen molar-refractivity contribution in [1.29, 1.82) is 0 Å². The van der Waals surface area contributed by atoms with Crippen LogP contribution in [0.15, 0.2) is 91.0 Å². The normalized spacial score (nSPS) is 15.8. The molecule has 1 saturated carbocycles. The predicted octanol–water partition coefficient (Wildman–Crippen LogP) is 8.87. The number of carbonyl (C=O) groups is 1. The van der Waals surface area contributed by atoms with Gasteiger partial charge in [0.05, 0.1) is 18.0 Å². The van der Waals surface area contributed by atoms with Crippen molar-refractivity contribution in [2.24, 2.45) is 0 Å². The Kier molecular flexibility index (Phi) is 7.62. The lowest BCUT2D eigenvalue weighted by molar-refractivity contribution is -0.136. The van der Waals surface area contributed by atoms with Gasteiger partial charge in [-0.2, -0.15) is 5.10 Å². The molecule has 0 amide bonds. The first-order chi connectivity index (χ1) is 20.9. The molecule has 0 radical (unpaired) electrons. The maximum absolute atomic E-state index is 11.3. The maximum atomic E-state index is 11.3. The second-order valence-corrected chi connectivity index (χ2v) is 12.7. The number of carboxylic acid groups (broad SMARTS) is 1. The third kappa shape index (κ3) is 5.89. The highest BCUT2D eigenvalue weighted by atomic mass is 35.5. The van der Waals surface area contributed by atoms with Gasteiger partial charge in [-0.3, -0.25) is 9.48 Å². The summed E-state index contributed by atoms with van der Waals surface area (Å²) in [6.45, 7) is 1.85. The molecule has 2 aliphatic rings. The zero-order chi connectivity index (χ0) is 29.5. The number of nitrogens with zero attached hydrogens (tertiary/aromatic N) is 3. The highest BCUT2D eigenvalue weighted by molar-refractivity contribution is 6.30. The number of halogens is 2. The van der Waals surface area contributed by atoms with Crippen LogP contribution in [-0.2, 0) is 11.2 Å². The number of piperidine rings is 1. The first kappa shape index (κ1) is 28.0. The second kappa shape index (κ2) is 11.7. The molecule has 218 valence electrons. The SMILES string of the molecule is O=C(O)Cc1cccc(N2CCC(c3c4cc(C(c5ccc(Cl)cc5)c5ccc(Cl)cc5)ccc4nn3C3CC3)CC2)c1. The number of hydrogen-bond donors (Lipinski definition) is 1. The smallest absolute Gasteiger partial charge is 0.307 e. The van der Waals surface area contributed by atoms with Crippen molar-refractivity contribution in [1.82, 2.24) is 9.78 Å². The van der Waals surface area contributed by atoms with Gasteiger partial charge in [0.15, 0.2) is 0 Å². The number of aromatic nitrogens is 2. The molecule has 1 N–H and O–H groups in total. The first-order valence-corrected chi connectivity index (χ1v) is 15.8. The van der Waals surface area contributed by atoms with E-state index in [2.05, 4.69) is 58.1 Å². The predicted molar refractivity (Wildman–Crippen MR) is 174 cm³/mol. The Morgan fingerprint density at radius 1 is 0.814 bits per heavy atom. The van der Waals surface area contributed by atoms with Crippen LogP contribution in [0.25, 0.3) is 10.9 Å². The number of rotatable bonds is 8. The fraction of sp³-hybridized carbons (Fsp3) is 0.278. The summed E-state index contributed by atoms with van der Waals surface area (Å²) in [6.07, 6.45) is 4.46. The van der Waals surface area contributed by atoms with E-state index >= 15 is 0 Å². The lowest BCUT2D eigenvalue weighted by Gasteiger charge is -2.34. The molecule has 1 aliphatic carbocycles. The summed E-state index contributed by atoms with van der Waals surface area (Å²) in [5, 5.41) is 17.1. The molecule has 0 bridgehead atoms.